The van der Waals surface area contributed by atoms with Crippen LogP contribution >= 0.6 is 0 Å². The molecular formula is C23H21N3O2. The van der Waals surface area contributed by atoms with E-state index in [1.807, 2.05) is 42.5 Å². The summed E-state index contributed by atoms with van der Waals surface area (Å²) in [6.45, 7) is 2.09. The second-order valence-corrected chi connectivity index (χ2v) is 6.74. The van der Waals surface area contributed by atoms with Gasteiger partial charge < -0.3 is 9.80 Å². The summed E-state index contributed by atoms with van der Waals surface area (Å²) in [5, 5.41) is 0. The van der Waals surface area contributed by atoms with Crippen LogP contribution in [0.4, 0.5) is 0 Å². The molecule has 4 rings (SSSR count). The quantitative estimate of drug-likeness (QED) is 0.709. The monoisotopic (exact) mass is 371 g/mol. The van der Waals surface area contributed by atoms with Crippen molar-refractivity contribution in [1.29, 1.82) is 0 Å². The first-order chi connectivity index (χ1) is 13.7. The van der Waals surface area contributed by atoms with Gasteiger partial charge in [-0.3, -0.25) is 14.6 Å². The molecule has 0 spiro atoms. The molecule has 0 atom stereocenters. The van der Waals surface area contributed by atoms with Gasteiger partial charge >= 0.3 is 0 Å². The number of benzene rings is 2. The van der Waals surface area contributed by atoms with E-state index in [-0.39, 0.29) is 11.8 Å². The Hall–Kier alpha value is -3.47. The van der Waals surface area contributed by atoms with Crippen molar-refractivity contribution in [2.75, 3.05) is 26.2 Å². The maximum Gasteiger partial charge on any atom is 0.272 e. The van der Waals surface area contributed by atoms with Crippen LogP contribution < -0.4 is 0 Å². The summed E-state index contributed by atoms with van der Waals surface area (Å²) in [6, 6.07) is 23.1. The molecule has 0 unspecified atom stereocenters. The lowest BCUT2D eigenvalue weighted by molar-refractivity contribution is 0.0532. The lowest BCUT2D eigenvalue weighted by atomic mass is 10.0. The maximum atomic E-state index is 12.8. The molecule has 1 aromatic heterocycles. The van der Waals surface area contributed by atoms with Crippen molar-refractivity contribution < 1.29 is 9.59 Å². The highest BCUT2D eigenvalue weighted by Gasteiger charge is 2.25. The Morgan fingerprint density at radius 3 is 1.82 bits per heavy atom. The molecule has 2 heterocycles. The van der Waals surface area contributed by atoms with Crippen LogP contribution in [-0.2, 0) is 0 Å². The molecule has 5 heteroatoms. The Bertz CT molecular complexity index is 948. The van der Waals surface area contributed by atoms with Gasteiger partial charge in [-0.05, 0) is 35.4 Å². The average molecular weight is 371 g/mol. The van der Waals surface area contributed by atoms with E-state index in [2.05, 4.69) is 17.1 Å². The third-order valence-electron chi connectivity index (χ3n) is 4.98. The normalized spacial score (nSPS) is 14.0. The molecule has 0 aliphatic carbocycles. The van der Waals surface area contributed by atoms with Crippen LogP contribution in [0.2, 0.25) is 0 Å². The molecule has 0 bridgehead atoms. The van der Waals surface area contributed by atoms with Gasteiger partial charge in [-0.25, -0.2) is 0 Å². The fourth-order valence-corrected chi connectivity index (χ4v) is 3.38. The zero-order valence-electron chi connectivity index (χ0n) is 15.5. The van der Waals surface area contributed by atoms with Crippen molar-refractivity contribution in [1.82, 2.24) is 14.8 Å². The van der Waals surface area contributed by atoms with Gasteiger partial charge in [-0.2, -0.15) is 0 Å². The lowest BCUT2D eigenvalue weighted by Gasteiger charge is -2.34. The Kier molecular flexibility index (Phi) is 5.15. The number of pyridine rings is 1. The van der Waals surface area contributed by atoms with Gasteiger partial charge in [0.1, 0.15) is 5.69 Å². The third-order valence-corrected chi connectivity index (χ3v) is 4.98. The molecule has 2 amide bonds. The lowest BCUT2D eigenvalue weighted by Crippen LogP contribution is -2.50. The minimum absolute atomic E-state index is 0.00421. The number of amides is 2. The first-order valence-corrected chi connectivity index (χ1v) is 9.37. The predicted octanol–water partition coefficient (Wildman–Crippen LogP) is 3.35. The summed E-state index contributed by atoms with van der Waals surface area (Å²) in [6.07, 6.45) is 1.62. The van der Waals surface area contributed by atoms with Crippen LogP contribution in [0.15, 0.2) is 79.0 Å². The SMILES string of the molecule is O=C(c1ccc(-c2ccccc2)cc1)N1CCN(C(=O)c2ccccn2)CC1. The number of hydrogen-bond donors (Lipinski definition) is 0. The summed E-state index contributed by atoms with van der Waals surface area (Å²) in [5.74, 6) is -0.0792. The van der Waals surface area contributed by atoms with E-state index in [9.17, 15) is 9.59 Å². The molecular weight excluding hydrogens is 350 g/mol. The van der Waals surface area contributed by atoms with E-state index < -0.39 is 0 Å². The molecule has 5 nitrogen and oxygen atoms in total. The van der Waals surface area contributed by atoms with Crippen molar-refractivity contribution in [2.45, 2.75) is 0 Å². The molecule has 2 aromatic carbocycles. The molecule has 3 aromatic rings. The van der Waals surface area contributed by atoms with E-state index >= 15 is 0 Å². The van der Waals surface area contributed by atoms with Crippen LogP contribution in [0.3, 0.4) is 0 Å². The number of hydrogen-bond acceptors (Lipinski definition) is 3. The highest BCUT2D eigenvalue weighted by atomic mass is 16.2. The van der Waals surface area contributed by atoms with E-state index in [0.29, 0.717) is 37.4 Å². The largest absolute Gasteiger partial charge is 0.335 e. The van der Waals surface area contributed by atoms with Crippen LogP contribution in [0.1, 0.15) is 20.8 Å². The summed E-state index contributed by atoms with van der Waals surface area (Å²) in [5.41, 5.74) is 3.33. The molecule has 1 aliphatic heterocycles. The number of piperazine rings is 1. The second-order valence-electron chi connectivity index (χ2n) is 6.74. The fourth-order valence-electron chi connectivity index (χ4n) is 3.38. The van der Waals surface area contributed by atoms with Crippen LogP contribution in [0.25, 0.3) is 11.1 Å². The molecule has 28 heavy (non-hydrogen) atoms. The molecule has 1 aliphatic rings. The molecule has 140 valence electrons. The molecule has 0 N–H and O–H groups in total. The van der Waals surface area contributed by atoms with Gasteiger partial charge in [-0.15, -0.1) is 0 Å². The summed E-state index contributed by atoms with van der Waals surface area (Å²) >= 11 is 0. The number of carbonyl (C=O) groups is 2. The smallest absolute Gasteiger partial charge is 0.272 e. The second kappa shape index (κ2) is 8.05. The number of rotatable bonds is 3. The Morgan fingerprint density at radius 1 is 0.643 bits per heavy atom. The Morgan fingerprint density at radius 2 is 1.21 bits per heavy atom. The van der Waals surface area contributed by atoms with Crippen molar-refractivity contribution in [2.24, 2.45) is 0 Å². The van der Waals surface area contributed by atoms with Crippen molar-refractivity contribution in [3.8, 4) is 11.1 Å². The van der Waals surface area contributed by atoms with Gasteiger partial charge in [0.15, 0.2) is 0 Å². The summed E-state index contributed by atoms with van der Waals surface area (Å²) in [4.78, 5) is 33.0. The zero-order chi connectivity index (χ0) is 19.3. The molecule has 0 radical (unpaired) electrons. The van der Waals surface area contributed by atoms with E-state index in [0.717, 1.165) is 11.1 Å². The zero-order valence-corrected chi connectivity index (χ0v) is 15.5. The van der Waals surface area contributed by atoms with Crippen molar-refractivity contribution in [3.05, 3.63) is 90.3 Å². The molecule has 0 saturated carbocycles. The molecule has 1 saturated heterocycles. The summed E-state index contributed by atoms with van der Waals surface area (Å²) in [7, 11) is 0. The van der Waals surface area contributed by atoms with E-state index in [1.54, 1.807) is 34.2 Å². The highest BCUT2D eigenvalue weighted by molar-refractivity contribution is 5.95. The maximum absolute atomic E-state index is 12.8. The van der Waals surface area contributed by atoms with Crippen LogP contribution in [-0.4, -0.2) is 52.8 Å². The van der Waals surface area contributed by atoms with E-state index in [1.165, 1.54) is 0 Å². The number of nitrogens with zero attached hydrogens (tertiary/aromatic N) is 3. The van der Waals surface area contributed by atoms with E-state index in [4.69, 9.17) is 0 Å². The van der Waals surface area contributed by atoms with Gasteiger partial charge in [0.2, 0.25) is 0 Å². The molecule has 1 fully saturated rings. The topological polar surface area (TPSA) is 53.5 Å². The standard InChI is InChI=1S/C23H21N3O2/c27-22(20-11-9-19(10-12-20)18-6-2-1-3-7-18)25-14-16-26(17-15-25)23(28)21-8-4-5-13-24-21/h1-13H,14-17H2. The van der Waals surface area contributed by atoms with Gasteiger partial charge in [0, 0.05) is 37.9 Å². The van der Waals surface area contributed by atoms with Crippen molar-refractivity contribution >= 4 is 11.8 Å². The Balaban J connectivity index is 1.38. The highest BCUT2D eigenvalue weighted by Crippen LogP contribution is 2.20. The van der Waals surface area contributed by atoms with Crippen LogP contribution in [0.5, 0.6) is 0 Å². The average Bonchev–Trinajstić information content (AvgIpc) is 2.79. The third kappa shape index (κ3) is 3.78. The number of carbonyl (C=O) groups excluding carboxylic acids is 2. The minimum atomic E-state index is -0.0834. The van der Waals surface area contributed by atoms with Gasteiger partial charge in [-0.1, -0.05) is 48.5 Å². The van der Waals surface area contributed by atoms with Gasteiger partial charge in [0.25, 0.3) is 11.8 Å². The number of aromatic nitrogens is 1. The Labute approximate surface area is 164 Å². The predicted molar refractivity (Wildman–Crippen MR) is 108 cm³/mol. The van der Waals surface area contributed by atoms with Gasteiger partial charge in [0.05, 0.1) is 0 Å². The fraction of sp³-hybridized carbons (Fsp3) is 0.174. The van der Waals surface area contributed by atoms with Crippen molar-refractivity contribution in [3.63, 3.8) is 0 Å². The minimum Gasteiger partial charge on any atom is -0.335 e. The first-order valence-electron chi connectivity index (χ1n) is 9.37. The first kappa shape index (κ1) is 17.9. The van der Waals surface area contributed by atoms with Crippen LogP contribution in [0, 0.1) is 0 Å². The summed E-state index contributed by atoms with van der Waals surface area (Å²) < 4.78 is 0.